The van der Waals surface area contributed by atoms with Gasteiger partial charge in [-0.15, -0.1) is 0 Å². The van der Waals surface area contributed by atoms with E-state index in [0.717, 1.165) is 32.0 Å². The van der Waals surface area contributed by atoms with Gasteiger partial charge in [0.1, 0.15) is 17.9 Å². The number of nitrogens with one attached hydrogen (secondary N) is 1. The van der Waals surface area contributed by atoms with Crippen molar-refractivity contribution in [2.45, 2.75) is 6.61 Å². The normalized spacial score (nSPS) is 14.7. The number of amides is 4. The third kappa shape index (κ3) is 4.68. The zero-order chi connectivity index (χ0) is 27.8. The molecular formula is C32H20Cl2N2O4. The molecule has 1 aliphatic rings. The quantitative estimate of drug-likeness (QED) is 0.176. The van der Waals surface area contributed by atoms with Gasteiger partial charge in [-0.25, -0.2) is 9.69 Å². The van der Waals surface area contributed by atoms with Gasteiger partial charge in [0.15, 0.2) is 0 Å². The molecule has 0 radical (unpaired) electrons. The van der Waals surface area contributed by atoms with Gasteiger partial charge < -0.3 is 4.74 Å². The average Bonchev–Trinajstić information content (AvgIpc) is 2.96. The van der Waals surface area contributed by atoms with E-state index in [1.807, 2.05) is 78.9 Å². The van der Waals surface area contributed by atoms with Gasteiger partial charge in [-0.2, -0.15) is 0 Å². The van der Waals surface area contributed by atoms with Crippen LogP contribution in [0.2, 0.25) is 10.0 Å². The number of urea groups is 1. The Morgan fingerprint density at radius 2 is 1.45 bits per heavy atom. The van der Waals surface area contributed by atoms with Gasteiger partial charge in [0.05, 0.1) is 15.7 Å². The fourth-order valence-electron chi connectivity index (χ4n) is 4.78. The summed E-state index contributed by atoms with van der Waals surface area (Å²) < 4.78 is 6.31. The van der Waals surface area contributed by atoms with Crippen molar-refractivity contribution in [1.29, 1.82) is 0 Å². The van der Waals surface area contributed by atoms with E-state index >= 15 is 0 Å². The molecule has 0 aromatic heterocycles. The van der Waals surface area contributed by atoms with E-state index in [1.165, 1.54) is 24.3 Å². The maximum atomic E-state index is 13.6. The zero-order valence-corrected chi connectivity index (χ0v) is 22.4. The molecule has 0 unspecified atom stereocenters. The molecule has 0 aliphatic carbocycles. The Morgan fingerprint density at radius 1 is 0.750 bits per heavy atom. The Bertz CT molecular complexity index is 1880. The summed E-state index contributed by atoms with van der Waals surface area (Å²) >= 11 is 12.1. The first kappa shape index (κ1) is 25.6. The van der Waals surface area contributed by atoms with E-state index in [-0.39, 0.29) is 27.9 Å². The Kier molecular flexibility index (Phi) is 6.72. The van der Waals surface area contributed by atoms with Crippen molar-refractivity contribution in [1.82, 2.24) is 5.32 Å². The molecule has 40 heavy (non-hydrogen) atoms. The average molecular weight is 567 g/mol. The van der Waals surface area contributed by atoms with Crippen LogP contribution in [0.1, 0.15) is 11.1 Å². The van der Waals surface area contributed by atoms with Crippen LogP contribution in [-0.2, 0) is 16.2 Å². The zero-order valence-electron chi connectivity index (χ0n) is 20.9. The highest BCUT2D eigenvalue weighted by molar-refractivity contribution is 6.43. The number of barbiturate groups is 1. The van der Waals surface area contributed by atoms with Crippen LogP contribution in [0, 0.1) is 0 Å². The number of rotatable bonds is 5. The maximum absolute atomic E-state index is 13.6. The lowest BCUT2D eigenvalue weighted by Gasteiger charge is -2.26. The summed E-state index contributed by atoms with van der Waals surface area (Å²) in [5.74, 6) is -1.11. The molecule has 1 aliphatic heterocycles. The number of carbonyl (C=O) groups is 3. The van der Waals surface area contributed by atoms with Crippen LogP contribution in [-0.4, -0.2) is 17.8 Å². The van der Waals surface area contributed by atoms with E-state index in [9.17, 15) is 14.4 Å². The molecule has 1 N–H and O–H groups in total. The fraction of sp³-hybridized carbons (Fsp3) is 0.0312. The lowest BCUT2D eigenvalue weighted by atomic mass is 9.99. The number of fused-ring (bicyclic) bond motifs is 2. The number of hydrogen-bond donors (Lipinski definition) is 1. The predicted molar refractivity (Wildman–Crippen MR) is 158 cm³/mol. The summed E-state index contributed by atoms with van der Waals surface area (Å²) in [7, 11) is 0. The van der Waals surface area contributed by atoms with Crippen molar-refractivity contribution in [3.63, 3.8) is 0 Å². The summed E-state index contributed by atoms with van der Waals surface area (Å²) in [6, 6.07) is 28.9. The first-order valence-corrected chi connectivity index (χ1v) is 13.1. The van der Waals surface area contributed by atoms with Gasteiger partial charge in [-0.05, 0) is 57.4 Å². The largest absolute Gasteiger partial charge is 0.488 e. The number of anilines is 1. The first-order chi connectivity index (χ1) is 19.4. The van der Waals surface area contributed by atoms with E-state index in [4.69, 9.17) is 27.9 Å². The molecule has 0 spiro atoms. The lowest BCUT2D eigenvalue weighted by Crippen LogP contribution is -2.54. The van der Waals surface area contributed by atoms with Crippen LogP contribution in [0.15, 0.2) is 103 Å². The van der Waals surface area contributed by atoms with Crippen LogP contribution in [0.4, 0.5) is 10.5 Å². The maximum Gasteiger partial charge on any atom is 0.335 e. The number of carbonyl (C=O) groups excluding carboxylic acids is 3. The molecule has 196 valence electrons. The molecule has 5 aromatic carbocycles. The Morgan fingerprint density at radius 3 is 2.23 bits per heavy atom. The minimum atomic E-state index is -0.879. The number of ether oxygens (including phenoxy) is 1. The smallest absolute Gasteiger partial charge is 0.335 e. The lowest BCUT2D eigenvalue weighted by molar-refractivity contribution is -0.122. The monoisotopic (exact) mass is 566 g/mol. The molecule has 4 amide bonds. The molecule has 1 heterocycles. The van der Waals surface area contributed by atoms with Gasteiger partial charge >= 0.3 is 6.03 Å². The highest BCUT2D eigenvalue weighted by Crippen LogP contribution is 2.34. The summed E-state index contributed by atoms with van der Waals surface area (Å²) in [4.78, 5) is 40.1. The van der Waals surface area contributed by atoms with Crippen molar-refractivity contribution >= 4 is 74.4 Å². The van der Waals surface area contributed by atoms with Crippen molar-refractivity contribution < 1.29 is 19.1 Å². The number of nitrogens with zero attached hydrogens (tertiary/aromatic N) is 1. The first-order valence-electron chi connectivity index (χ1n) is 12.4. The predicted octanol–water partition coefficient (Wildman–Crippen LogP) is 7.55. The van der Waals surface area contributed by atoms with Crippen molar-refractivity contribution in [2.24, 2.45) is 0 Å². The van der Waals surface area contributed by atoms with Gasteiger partial charge in [-0.3, -0.25) is 14.9 Å². The van der Waals surface area contributed by atoms with Crippen LogP contribution in [0.5, 0.6) is 5.75 Å². The van der Waals surface area contributed by atoms with Crippen molar-refractivity contribution in [2.75, 3.05) is 4.90 Å². The second-order valence-corrected chi connectivity index (χ2v) is 10.00. The number of benzene rings is 5. The van der Waals surface area contributed by atoms with Crippen LogP contribution in [0.3, 0.4) is 0 Å². The van der Waals surface area contributed by atoms with E-state index in [0.29, 0.717) is 11.3 Å². The number of halogens is 2. The standard InChI is InChI=1S/C32H20Cl2N2O4/c33-27-14-13-22(16-28(27)34)36-31(38)26(30(37)35-32(36)39)17-25-24-11-4-2-7-20(24)12-15-29(25)40-18-21-9-5-8-19-6-1-3-10-23(19)21/h1-17H,18H2,(H,35,37,39)/b26-17+. The summed E-state index contributed by atoms with van der Waals surface area (Å²) in [6.07, 6.45) is 1.47. The molecule has 1 fully saturated rings. The number of imide groups is 2. The van der Waals surface area contributed by atoms with E-state index in [1.54, 1.807) is 0 Å². The molecule has 1 saturated heterocycles. The van der Waals surface area contributed by atoms with Crippen molar-refractivity contribution in [3.05, 3.63) is 124 Å². The number of hydrogen-bond acceptors (Lipinski definition) is 4. The second-order valence-electron chi connectivity index (χ2n) is 9.18. The molecule has 6 rings (SSSR count). The molecule has 5 aromatic rings. The third-order valence-corrected chi connectivity index (χ3v) is 7.48. The molecule has 8 heteroatoms. The van der Waals surface area contributed by atoms with Crippen molar-refractivity contribution in [3.8, 4) is 5.75 Å². The molecule has 0 saturated carbocycles. The Labute approximate surface area is 239 Å². The second kappa shape index (κ2) is 10.5. The molecule has 6 nitrogen and oxygen atoms in total. The summed E-state index contributed by atoms with van der Waals surface area (Å²) in [5, 5.41) is 6.53. The third-order valence-electron chi connectivity index (χ3n) is 6.75. The summed E-state index contributed by atoms with van der Waals surface area (Å²) in [5.41, 5.74) is 1.49. The van der Waals surface area contributed by atoms with Crippen LogP contribution in [0.25, 0.3) is 27.6 Å². The van der Waals surface area contributed by atoms with Gasteiger partial charge in [0, 0.05) is 5.56 Å². The van der Waals surface area contributed by atoms with Crippen LogP contribution < -0.4 is 15.0 Å². The molecule has 0 bridgehead atoms. The minimum absolute atomic E-state index is 0.167. The van der Waals surface area contributed by atoms with Gasteiger partial charge in [0.25, 0.3) is 11.8 Å². The topological polar surface area (TPSA) is 75.7 Å². The SMILES string of the molecule is O=C1NC(=O)N(c2ccc(Cl)c(Cl)c2)C(=O)/C1=C/c1c(OCc2cccc3ccccc23)ccc2ccccc12. The molecule has 0 atom stereocenters. The van der Waals surface area contributed by atoms with E-state index in [2.05, 4.69) is 5.32 Å². The van der Waals surface area contributed by atoms with Gasteiger partial charge in [0.2, 0.25) is 0 Å². The van der Waals surface area contributed by atoms with Crippen LogP contribution >= 0.6 is 23.2 Å². The highest BCUT2D eigenvalue weighted by Gasteiger charge is 2.37. The highest BCUT2D eigenvalue weighted by atomic mass is 35.5. The fourth-order valence-corrected chi connectivity index (χ4v) is 5.08. The van der Waals surface area contributed by atoms with E-state index < -0.39 is 17.8 Å². The van der Waals surface area contributed by atoms with Gasteiger partial charge in [-0.1, -0.05) is 96.0 Å². The Hall–Kier alpha value is -4.65. The molecular weight excluding hydrogens is 547 g/mol. The minimum Gasteiger partial charge on any atom is -0.488 e. The Balaban J connectivity index is 1.43. The summed E-state index contributed by atoms with van der Waals surface area (Å²) in [6.45, 7) is 0.268.